The molecule has 0 amide bonds. The first kappa shape index (κ1) is 34.8. The summed E-state index contributed by atoms with van der Waals surface area (Å²) in [5, 5.41) is 7.35. The fourth-order valence-electron chi connectivity index (χ4n) is 9.37. The summed E-state index contributed by atoms with van der Waals surface area (Å²) in [4.78, 5) is 12.1. The minimum atomic E-state index is -3.17. The maximum Gasteiger partial charge on any atom is 0.188 e. The maximum atomic E-state index is 17.0. The van der Waals surface area contributed by atoms with Crippen LogP contribution in [0.1, 0.15) is 17.3 Å². The van der Waals surface area contributed by atoms with Gasteiger partial charge in [-0.25, -0.2) is 9.37 Å². The molecule has 3 aromatic heterocycles. The molecule has 0 saturated carbocycles. The third kappa shape index (κ3) is 5.48. The number of halogens is 1. The Morgan fingerprint density at radius 1 is 0.492 bits per heavy atom. The van der Waals surface area contributed by atoms with Gasteiger partial charge in [0.05, 0.1) is 22.4 Å². The number of aromatic nitrogens is 3. The van der Waals surface area contributed by atoms with Crippen LogP contribution in [0.2, 0.25) is 0 Å². The Balaban J connectivity index is 1.22. The maximum absolute atomic E-state index is 17.0. The minimum Gasteiger partial charge on any atom is -0.309 e. The lowest BCUT2D eigenvalue weighted by atomic mass is 9.99. The van der Waals surface area contributed by atoms with E-state index in [9.17, 15) is 0 Å². The van der Waals surface area contributed by atoms with E-state index in [1.165, 1.54) is 37.0 Å². The van der Waals surface area contributed by atoms with Crippen molar-refractivity contribution in [3.8, 4) is 16.9 Å². The van der Waals surface area contributed by atoms with Gasteiger partial charge in [0.25, 0.3) is 0 Å². The second-order valence-corrected chi connectivity index (χ2v) is 18.7. The van der Waals surface area contributed by atoms with Crippen molar-refractivity contribution in [2.75, 3.05) is 4.90 Å². The van der Waals surface area contributed by atoms with Gasteiger partial charge >= 0.3 is 0 Å². The van der Waals surface area contributed by atoms with Crippen LogP contribution in [-0.2, 0) is 0 Å². The predicted molar refractivity (Wildman–Crippen MR) is 243 cm³/mol. The summed E-state index contributed by atoms with van der Waals surface area (Å²) in [6.45, 7) is 0. The molecule has 280 valence electrons. The van der Waals surface area contributed by atoms with Crippen LogP contribution in [0.3, 0.4) is 0 Å². The van der Waals surface area contributed by atoms with E-state index in [-0.39, 0.29) is 0 Å². The molecule has 1 aliphatic rings. The molecule has 1 atom stereocenters. The molecule has 10 aromatic rings. The molecule has 0 radical (unpaired) electrons. The number of benzene rings is 7. The van der Waals surface area contributed by atoms with E-state index in [2.05, 4.69) is 160 Å². The fraction of sp³-hybridized carbons (Fsp3) is 0.0189. The molecule has 4 heterocycles. The van der Waals surface area contributed by atoms with Gasteiger partial charge in [-0.1, -0.05) is 146 Å². The zero-order valence-electron chi connectivity index (χ0n) is 32.0. The second-order valence-electron chi connectivity index (χ2n) is 15.0. The average Bonchev–Trinajstić information content (AvgIpc) is 3.66. The molecule has 7 aromatic carbocycles. The lowest BCUT2D eigenvalue weighted by molar-refractivity contribution is 0.402. The molecule has 11 rings (SSSR count). The largest absolute Gasteiger partial charge is 0.309 e. The van der Waals surface area contributed by atoms with E-state index < -0.39 is 14.2 Å². The van der Waals surface area contributed by atoms with Gasteiger partial charge in [-0.3, -0.25) is 9.88 Å². The normalized spacial score (nSPS) is 13.5. The van der Waals surface area contributed by atoms with Crippen LogP contribution in [0.15, 0.2) is 219 Å². The molecule has 0 fully saturated rings. The van der Waals surface area contributed by atoms with Crippen molar-refractivity contribution < 1.29 is 4.39 Å². The number of para-hydroxylation sites is 2. The molecule has 0 spiro atoms. The Morgan fingerprint density at radius 3 is 1.88 bits per heavy atom. The lowest BCUT2D eigenvalue weighted by Crippen LogP contribution is -2.77. The summed E-state index contributed by atoms with van der Waals surface area (Å²) < 4.78 is 19.4. The Bertz CT molecular complexity index is 3090. The SMILES string of the molecule is FC(c1cccc(-c2ccccn2)c1)c1cccc(N2c3ccc4c5ccccc5n(-c5ccccc5)c4c3[Si](c3ccccc3)(c3ccccc3)c3cccnc32)c1. The van der Waals surface area contributed by atoms with E-state index in [4.69, 9.17) is 4.98 Å². The highest BCUT2D eigenvalue weighted by Gasteiger charge is 2.51. The van der Waals surface area contributed by atoms with Crippen molar-refractivity contribution in [2.24, 2.45) is 0 Å². The fourth-order valence-corrected chi connectivity index (χ4v) is 14.6. The van der Waals surface area contributed by atoms with Crippen LogP contribution in [0.25, 0.3) is 38.8 Å². The molecule has 0 saturated heterocycles. The Morgan fingerprint density at radius 2 is 1.14 bits per heavy atom. The number of fused-ring (bicyclic) bond motifs is 6. The predicted octanol–water partition coefficient (Wildman–Crippen LogP) is 10.5. The van der Waals surface area contributed by atoms with Crippen molar-refractivity contribution in [1.29, 1.82) is 0 Å². The number of hydrogen-bond acceptors (Lipinski definition) is 3. The van der Waals surface area contributed by atoms with Gasteiger partial charge in [-0.15, -0.1) is 0 Å². The summed E-state index contributed by atoms with van der Waals surface area (Å²) in [5.74, 6) is 0.853. The van der Waals surface area contributed by atoms with E-state index >= 15 is 4.39 Å². The van der Waals surface area contributed by atoms with Crippen molar-refractivity contribution >= 4 is 67.8 Å². The van der Waals surface area contributed by atoms with E-state index in [1.54, 1.807) is 6.20 Å². The molecule has 1 unspecified atom stereocenters. The van der Waals surface area contributed by atoms with Crippen LogP contribution < -0.4 is 25.6 Å². The number of pyridine rings is 2. The standard InChI is InChI=1S/C53H37FN4Si/c54-50(38-18-14-17-37(35-38)46-28-12-13-33-55-46)39-19-15-22-41(36-39)58-48-32-31-45-44-27-10-11-29-47(44)57(40-20-4-1-5-21-40)51(45)52(48)59(42-23-6-2-7-24-42,43-25-8-3-9-26-43)49-30-16-34-56-53(49)58/h1-36,50H. The first-order valence-corrected chi connectivity index (χ1v) is 22.0. The van der Waals surface area contributed by atoms with Crippen LogP contribution in [-0.4, -0.2) is 22.6 Å². The Labute approximate surface area is 343 Å². The van der Waals surface area contributed by atoms with Gasteiger partial charge in [-0.05, 0) is 87.4 Å². The number of anilines is 3. The minimum absolute atomic E-state index is 0.569. The molecule has 59 heavy (non-hydrogen) atoms. The number of rotatable bonds is 7. The Hall–Kier alpha value is -7.41. The number of hydrogen-bond donors (Lipinski definition) is 0. The third-order valence-electron chi connectivity index (χ3n) is 11.8. The van der Waals surface area contributed by atoms with Crippen molar-refractivity contribution in [3.05, 3.63) is 230 Å². The summed E-state index contributed by atoms with van der Waals surface area (Å²) in [7, 11) is -3.17. The van der Waals surface area contributed by atoms with Gasteiger partial charge in [0.15, 0.2) is 14.2 Å². The average molecular weight is 777 g/mol. The molecule has 6 heteroatoms. The molecule has 4 nitrogen and oxygen atoms in total. The first-order valence-electron chi connectivity index (χ1n) is 20.0. The molecule has 0 bridgehead atoms. The number of alkyl halides is 1. The zero-order valence-corrected chi connectivity index (χ0v) is 33.0. The molecular formula is C53H37FN4Si. The molecule has 1 aliphatic heterocycles. The van der Waals surface area contributed by atoms with E-state index in [1.807, 2.05) is 66.9 Å². The summed E-state index contributed by atoms with van der Waals surface area (Å²) >= 11 is 0. The molecule has 0 aliphatic carbocycles. The summed E-state index contributed by atoms with van der Waals surface area (Å²) in [6, 6.07) is 71.8. The van der Waals surface area contributed by atoms with Gasteiger partial charge < -0.3 is 4.57 Å². The second kappa shape index (κ2) is 14.2. The van der Waals surface area contributed by atoms with Gasteiger partial charge in [0.2, 0.25) is 0 Å². The highest BCUT2D eigenvalue weighted by Crippen LogP contribution is 2.43. The van der Waals surface area contributed by atoms with Crippen LogP contribution in [0.4, 0.5) is 21.6 Å². The quantitative estimate of drug-likeness (QED) is 0.151. The van der Waals surface area contributed by atoms with E-state index in [0.717, 1.165) is 39.7 Å². The van der Waals surface area contributed by atoms with E-state index in [0.29, 0.717) is 11.1 Å². The lowest BCUT2D eigenvalue weighted by Gasteiger charge is -2.44. The van der Waals surface area contributed by atoms with Crippen LogP contribution >= 0.6 is 0 Å². The zero-order chi connectivity index (χ0) is 39.3. The first-order chi connectivity index (χ1) is 29.2. The third-order valence-corrected chi connectivity index (χ3v) is 16.7. The topological polar surface area (TPSA) is 34.0 Å². The Kier molecular flexibility index (Phi) is 8.38. The molecule has 0 N–H and O–H groups in total. The summed E-state index contributed by atoms with van der Waals surface area (Å²) in [5.41, 5.74) is 8.12. The number of nitrogens with zero attached hydrogens (tertiary/aromatic N) is 4. The van der Waals surface area contributed by atoms with Crippen molar-refractivity contribution in [2.45, 2.75) is 6.17 Å². The van der Waals surface area contributed by atoms with Gasteiger partial charge in [0, 0.05) is 45.3 Å². The van der Waals surface area contributed by atoms with Gasteiger partial charge in [-0.2, -0.15) is 0 Å². The summed E-state index contributed by atoms with van der Waals surface area (Å²) in [6.07, 6.45) is 2.29. The van der Waals surface area contributed by atoms with Crippen LogP contribution in [0.5, 0.6) is 0 Å². The molecular weight excluding hydrogens is 740 g/mol. The van der Waals surface area contributed by atoms with Crippen molar-refractivity contribution in [1.82, 2.24) is 14.5 Å². The van der Waals surface area contributed by atoms with Crippen molar-refractivity contribution in [3.63, 3.8) is 0 Å². The van der Waals surface area contributed by atoms with Crippen LogP contribution in [0, 0.1) is 0 Å². The monoisotopic (exact) mass is 776 g/mol. The highest BCUT2D eigenvalue weighted by atomic mass is 28.3. The smallest absolute Gasteiger partial charge is 0.188 e. The van der Waals surface area contributed by atoms with Gasteiger partial charge in [0.1, 0.15) is 5.82 Å². The highest BCUT2D eigenvalue weighted by molar-refractivity contribution is 7.22.